The second kappa shape index (κ2) is 7.21. The summed E-state index contributed by atoms with van der Waals surface area (Å²) < 4.78 is 0. The molecule has 0 heterocycles. The molecule has 0 fully saturated rings. The number of hydrogen-bond donors (Lipinski definition) is 3. The largest absolute Gasteiger partial charge is 0.370 e. The number of nitrogens with zero attached hydrogens (tertiary/aromatic N) is 2. The molecule has 5 nitrogen and oxygen atoms in total. The molecule has 7 heteroatoms. The summed E-state index contributed by atoms with van der Waals surface area (Å²) in [5, 5.41) is 8.84. The van der Waals surface area contributed by atoms with E-state index < -0.39 is 0 Å². The van der Waals surface area contributed by atoms with Crippen molar-refractivity contribution in [3.8, 4) is 0 Å². The first kappa shape index (κ1) is 15.6. The predicted octanol–water partition coefficient (Wildman–Crippen LogP) is 2.41. The molecule has 5 N–H and O–H groups in total. The summed E-state index contributed by atoms with van der Waals surface area (Å²) in [4.78, 5) is 5.52. The fourth-order valence-electron chi connectivity index (χ4n) is 1.58. The van der Waals surface area contributed by atoms with Gasteiger partial charge in [-0.15, -0.1) is 0 Å². The van der Waals surface area contributed by atoms with Crippen LogP contribution in [-0.4, -0.2) is 23.4 Å². The van der Waals surface area contributed by atoms with Crippen LogP contribution in [0, 0.1) is 5.41 Å². The molecule has 0 atom stereocenters. The summed E-state index contributed by atoms with van der Waals surface area (Å²) in [5.41, 5.74) is 11.5. The fraction of sp³-hybridized carbons (Fsp3) is 0.333. The van der Waals surface area contributed by atoms with Gasteiger partial charge in [0.25, 0.3) is 0 Å². The molecular weight excluding hydrogens is 285 g/mol. The zero-order valence-electron chi connectivity index (χ0n) is 10.7. The number of rotatable bonds is 4. The third-order valence-electron chi connectivity index (χ3n) is 2.39. The maximum Gasteiger partial charge on any atom is 0.221 e. The summed E-state index contributed by atoms with van der Waals surface area (Å²) in [5.74, 6) is -0.0897. The van der Waals surface area contributed by atoms with Gasteiger partial charge in [-0.05, 0) is 24.1 Å². The van der Waals surface area contributed by atoms with E-state index in [0.29, 0.717) is 23.1 Å². The lowest BCUT2D eigenvalue weighted by Crippen LogP contribution is -2.33. The van der Waals surface area contributed by atoms with Gasteiger partial charge >= 0.3 is 0 Å². The van der Waals surface area contributed by atoms with Gasteiger partial charge in [0.1, 0.15) is 0 Å². The fourth-order valence-corrected chi connectivity index (χ4v) is 1.90. The van der Waals surface area contributed by atoms with Crippen molar-refractivity contribution >= 4 is 35.1 Å². The maximum absolute atomic E-state index is 7.84. The maximum atomic E-state index is 7.84. The normalized spacial score (nSPS) is 10.1. The number of nitrogens with one attached hydrogen (secondary N) is 1. The van der Waals surface area contributed by atoms with Crippen molar-refractivity contribution in [2.24, 2.45) is 16.5 Å². The van der Waals surface area contributed by atoms with Crippen LogP contribution in [0.2, 0.25) is 10.0 Å². The van der Waals surface area contributed by atoms with Crippen LogP contribution in [0.1, 0.15) is 18.9 Å². The van der Waals surface area contributed by atoms with Crippen molar-refractivity contribution in [2.75, 3.05) is 6.54 Å². The number of benzene rings is 1. The van der Waals surface area contributed by atoms with E-state index in [2.05, 4.69) is 4.99 Å². The minimum Gasteiger partial charge on any atom is -0.370 e. The molecule has 0 saturated heterocycles. The molecule has 1 aromatic rings. The van der Waals surface area contributed by atoms with Gasteiger partial charge in [0.2, 0.25) is 5.96 Å². The van der Waals surface area contributed by atoms with E-state index >= 15 is 0 Å². The summed E-state index contributed by atoms with van der Waals surface area (Å²) in [6.45, 7) is 3.20. The highest BCUT2D eigenvalue weighted by Crippen LogP contribution is 2.23. The average molecular weight is 302 g/mol. The smallest absolute Gasteiger partial charge is 0.221 e. The number of nitrogens with two attached hydrogens (primary N) is 2. The lowest BCUT2D eigenvalue weighted by molar-refractivity contribution is 0.405. The lowest BCUT2D eigenvalue weighted by atomic mass is 10.2. The van der Waals surface area contributed by atoms with Crippen molar-refractivity contribution in [3.05, 3.63) is 33.8 Å². The molecule has 0 radical (unpaired) electrons. The molecular formula is C12H17Cl2N5. The van der Waals surface area contributed by atoms with Crippen molar-refractivity contribution < 1.29 is 0 Å². The van der Waals surface area contributed by atoms with Gasteiger partial charge in [-0.1, -0.05) is 36.2 Å². The molecule has 1 rings (SSSR count). The van der Waals surface area contributed by atoms with E-state index in [9.17, 15) is 0 Å². The predicted molar refractivity (Wildman–Crippen MR) is 80.7 cm³/mol. The molecule has 0 spiro atoms. The molecule has 19 heavy (non-hydrogen) atoms. The Bertz CT molecular complexity index is 483. The molecule has 0 aliphatic heterocycles. The van der Waals surface area contributed by atoms with Crippen LogP contribution in [0.15, 0.2) is 23.2 Å². The van der Waals surface area contributed by atoms with E-state index in [1.165, 1.54) is 0 Å². The third kappa shape index (κ3) is 4.96. The van der Waals surface area contributed by atoms with Gasteiger partial charge in [0.05, 0.1) is 10.0 Å². The Labute approximate surface area is 122 Å². The standard InChI is InChI=1S/C12H17Cl2N5/c1-2-5-19(12(17)18-11(15)16)7-8-3-4-9(13)10(14)6-8/h3-4,6H,2,5,7H2,1H3,(H5,15,16,17,18). The van der Waals surface area contributed by atoms with Crippen molar-refractivity contribution in [2.45, 2.75) is 19.9 Å². The Balaban J connectivity index is 2.86. The molecule has 0 unspecified atom stereocenters. The highest BCUT2D eigenvalue weighted by molar-refractivity contribution is 6.42. The van der Waals surface area contributed by atoms with Crippen LogP contribution in [0.25, 0.3) is 0 Å². The Morgan fingerprint density at radius 1 is 1.32 bits per heavy atom. The van der Waals surface area contributed by atoms with Crippen molar-refractivity contribution in [1.82, 2.24) is 4.90 Å². The van der Waals surface area contributed by atoms with Crippen LogP contribution >= 0.6 is 23.2 Å². The van der Waals surface area contributed by atoms with Gasteiger partial charge in [-0.25, -0.2) is 0 Å². The quantitative estimate of drug-likeness (QED) is 0.589. The first-order valence-corrected chi connectivity index (χ1v) is 6.56. The average Bonchev–Trinajstić information content (AvgIpc) is 2.32. The highest BCUT2D eigenvalue weighted by atomic mass is 35.5. The van der Waals surface area contributed by atoms with E-state index in [1.807, 2.05) is 13.0 Å². The van der Waals surface area contributed by atoms with Crippen LogP contribution < -0.4 is 11.5 Å². The minimum atomic E-state index is -0.125. The Hall–Kier alpha value is -1.46. The van der Waals surface area contributed by atoms with Crippen LogP contribution in [0.4, 0.5) is 0 Å². The Morgan fingerprint density at radius 2 is 2.00 bits per heavy atom. The summed E-state index contributed by atoms with van der Waals surface area (Å²) in [6, 6.07) is 5.36. The molecule has 104 valence electrons. The molecule has 0 saturated carbocycles. The zero-order chi connectivity index (χ0) is 14.4. The summed E-state index contributed by atoms with van der Waals surface area (Å²) in [7, 11) is 0. The van der Waals surface area contributed by atoms with Gasteiger partial charge in [0, 0.05) is 13.1 Å². The second-order valence-corrected chi connectivity index (χ2v) is 4.84. The second-order valence-electron chi connectivity index (χ2n) is 4.03. The van der Waals surface area contributed by atoms with E-state index in [-0.39, 0.29) is 11.9 Å². The Morgan fingerprint density at radius 3 is 2.53 bits per heavy atom. The molecule has 0 aliphatic rings. The molecule has 0 aromatic heterocycles. The van der Waals surface area contributed by atoms with Gasteiger partial charge in [-0.3, -0.25) is 5.41 Å². The summed E-state index contributed by atoms with van der Waals surface area (Å²) >= 11 is 11.8. The summed E-state index contributed by atoms with van der Waals surface area (Å²) in [6.07, 6.45) is 0.879. The monoisotopic (exact) mass is 301 g/mol. The third-order valence-corrected chi connectivity index (χ3v) is 3.12. The molecule has 0 aliphatic carbocycles. The first-order chi connectivity index (χ1) is 8.93. The lowest BCUT2D eigenvalue weighted by Gasteiger charge is -2.22. The van der Waals surface area contributed by atoms with Gasteiger partial charge < -0.3 is 16.4 Å². The van der Waals surface area contributed by atoms with E-state index in [1.54, 1.807) is 17.0 Å². The van der Waals surface area contributed by atoms with Crippen molar-refractivity contribution in [3.63, 3.8) is 0 Å². The first-order valence-electron chi connectivity index (χ1n) is 5.81. The number of halogens is 2. The van der Waals surface area contributed by atoms with Crippen LogP contribution in [-0.2, 0) is 6.54 Å². The molecule has 1 aromatic carbocycles. The van der Waals surface area contributed by atoms with Gasteiger partial charge in [0.15, 0.2) is 5.96 Å². The SMILES string of the molecule is CCCN(Cc1ccc(Cl)c(Cl)c1)C(=N)N=C(N)N. The number of aliphatic imine (C=N–C) groups is 1. The van der Waals surface area contributed by atoms with Gasteiger partial charge in [-0.2, -0.15) is 4.99 Å². The topological polar surface area (TPSA) is 91.5 Å². The van der Waals surface area contributed by atoms with Crippen LogP contribution in [0.3, 0.4) is 0 Å². The molecule has 0 amide bonds. The van der Waals surface area contributed by atoms with Crippen molar-refractivity contribution in [1.29, 1.82) is 5.41 Å². The Kier molecular flexibility index (Phi) is 5.92. The minimum absolute atomic E-state index is 0.0351. The zero-order valence-corrected chi connectivity index (χ0v) is 12.2. The van der Waals surface area contributed by atoms with Crippen LogP contribution in [0.5, 0.6) is 0 Å². The number of hydrogen-bond acceptors (Lipinski definition) is 1. The van der Waals surface area contributed by atoms with E-state index in [0.717, 1.165) is 12.0 Å². The molecule has 0 bridgehead atoms. The number of guanidine groups is 2. The highest BCUT2D eigenvalue weighted by Gasteiger charge is 2.10. The van der Waals surface area contributed by atoms with E-state index in [4.69, 9.17) is 40.1 Å².